The van der Waals surface area contributed by atoms with E-state index in [9.17, 15) is 14.9 Å². The molecular weight excluding hydrogens is 292 g/mol. The Kier molecular flexibility index (Phi) is 4.55. The van der Waals surface area contributed by atoms with Gasteiger partial charge in [-0.25, -0.2) is 0 Å². The number of aryl methyl sites for hydroxylation is 1. The highest BCUT2D eigenvalue weighted by Crippen LogP contribution is 2.22. The minimum atomic E-state index is -0.555. The van der Waals surface area contributed by atoms with Crippen LogP contribution in [0.3, 0.4) is 0 Å². The van der Waals surface area contributed by atoms with Gasteiger partial charge in [-0.05, 0) is 18.6 Å². The van der Waals surface area contributed by atoms with Gasteiger partial charge in [-0.3, -0.25) is 14.9 Å². The van der Waals surface area contributed by atoms with Crippen molar-refractivity contribution >= 4 is 23.2 Å². The molecule has 6 heteroatoms. The minimum Gasteiger partial charge on any atom is -0.348 e. The molecule has 0 spiro atoms. The molecule has 2 aromatic carbocycles. The van der Waals surface area contributed by atoms with Crippen LogP contribution in [0.1, 0.15) is 21.5 Å². The first-order chi connectivity index (χ1) is 9.97. The number of amides is 1. The zero-order chi connectivity index (χ0) is 15.4. The molecule has 0 bridgehead atoms. The molecule has 2 aromatic rings. The molecule has 5 nitrogen and oxygen atoms in total. The first kappa shape index (κ1) is 15.0. The normalized spacial score (nSPS) is 10.2. The maximum atomic E-state index is 12.0. The highest BCUT2D eigenvalue weighted by molar-refractivity contribution is 6.34. The quantitative estimate of drug-likeness (QED) is 0.694. The van der Waals surface area contributed by atoms with E-state index >= 15 is 0 Å². The van der Waals surface area contributed by atoms with E-state index in [1.807, 2.05) is 31.2 Å². The molecule has 2 rings (SSSR count). The van der Waals surface area contributed by atoms with Crippen molar-refractivity contribution in [2.75, 3.05) is 0 Å². The second kappa shape index (κ2) is 6.37. The number of hydrogen-bond acceptors (Lipinski definition) is 3. The molecule has 0 fully saturated rings. The molecule has 0 aromatic heterocycles. The summed E-state index contributed by atoms with van der Waals surface area (Å²) in [7, 11) is 0. The van der Waals surface area contributed by atoms with Gasteiger partial charge in [-0.15, -0.1) is 0 Å². The number of non-ortho nitro benzene ring substituents is 1. The van der Waals surface area contributed by atoms with Crippen LogP contribution in [0.25, 0.3) is 0 Å². The molecule has 0 saturated carbocycles. The van der Waals surface area contributed by atoms with Crippen LogP contribution >= 0.6 is 11.6 Å². The van der Waals surface area contributed by atoms with Gasteiger partial charge in [0.2, 0.25) is 0 Å². The topological polar surface area (TPSA) is 72.2 Å². The van der Waals surface area contributed by atoms with Crippen LogP contribution in [-0.2, 0) is 6.54 Å². The van der Waals surface area contributed by atoms with Gasteiger partial charge in [0, 0.05) is 18.7 Å². The Morgan fingerprint density at radius 1 is 1.29 bits per heavy atom. The molecule has 0 saturated heterocycles. The van der Waals surface area contributed by atoms with E-state index in [4.69, 9.17) is 11.6 Å². The van der Waals surface area contributed by atoms with Crippen molar-refractivity contribution in [2.24, 2.45) is 0 Å². The van der Waals surface area contributed by atoms with Crippen LogP contribution in [0.4, 0.5) is 5.69 Å². The van der Waals surface area contributed by atoms with E-state index in [2.05, 4.69) is 5.32 Å². The average molecular weight is 305 g/mol. The van der Waals surface area contributed by atoms with Crippen molar-refractivity contribution in [2.45, 2.75) is 13.5 Å². The van der Waals surface area contributed by atoms with Crippen molar-refractivity contribution in [3.8, 4) is 0 Å². The summed E-state index contributed by atoms with van der Waals surface area (Å²) in [6.45, 7) is 2.34. The number of carbonyl (C=O) groups excluding carboxylic acids is 1. The van der Waals surface area contributed by atoms with Crippen molar-refractivity contribution in [1.82, 2.24) is 5.32 Å². The monoisotopic (exact) mass is 304 g/mol. The fraction of sp³-hybridized carbons (Fsp3) is 0.133. The summed E-state index contributed by atoms with van der Waals surface area (Å²) in [6, 6.07) is 11.5. The van der Waals surface area contributed by atoms with Gasteiger partial charge in [0.05, 0.1) is 15.5 Å². The number of hydrogen-bond donors (Lipinski definition) is 1. The summed E-state index contributed by atoms with van der Waals surface area (Å²) < 4.78 is 0. The van der Waals surface area contributed by atoms with E-state index in [0.29, 0.717) is 6.54 Å². The molecule has 0 aliphatic carbocycles. The first-order valence-corrected chi connectivity index (χ1v) is 6.63. The number of nitrogens with one attached hydrogen (secondary N) is 1. The molecule has 0 aliphatic heterocycles. The Bertz CT molecular complexity index is 701. The van der Waals surface area contributed by atoms with Crippen LogP contribution in [-0.4, -0.2) is 10.8 Å². The average Bonchev–Trinajstić information content (AvgIpc) is 2.44. The largest absolute Gasteiger partial charge is 0.348 e. The molecule has 0 unspecified atom stereocenters. The summed E-state index contributed by atoms with van der Waals surface area (Å²) in [5, 5.41) is 13.4. The summed E-state index contributed by atoms with van der Waals surface area (Å²) >= 11 is 5.91. The Labute approximate surface area is 126 Å². The fourth-order valence-corrected chi connectivity index (χ4v) is 2.16. The summed E-state index contributed by atoms with van der Waals surface area (Å²) in [6.07, 6.45) is 0. The number of nitrogens with zero attached hydrogens (tertiary/aromatic N) is 1. The molecular formula is C15H13ClN2O3. The molecule has 1 N–H and O–H groups in total. The maximum Gasteiger partial charge on any atom is 0.270 e. The van der Waals surface area contributed by atoms with Crippen molar-refractivity contribution in [3.05, 3.63) is 74.3 Å². The number of nitro groups is 1. The second-order valence-electron chi connectivity index (χ2n) is 4.59. The van der Waals surface area contributed by atoms with Crippen LogP contribution < -0.4 is 5.32 Å². The van der Waals surface area contributed by atoms with Crippen LogP contribution in [0.5, 0.6) is 0 Å². The van der Waals surface area contributed by atoms with E-state index in [1.165, 1.54) is 18.2 Å². The Morgan fingerprint density at radius 2 is 2.05 bits per heavy atom. The van der Waals surface area contributed by atoms with E-state index in [1.54, 1.807) is 0 Å². The highest BCUT2D eigenvalue weighted by Gasteiger charge is 2.14. The van der Waals surface area contributed by atoms with E-state index in [-0.39, 0.29) is 22.2 Å². The molecule has 108 valence electrons. The minimum absolute atomic E-state index is 0.0611. The number of halogens is 1. The summed E-state index contributed by atoms with van der Waals surface area (Å²) in [4.78, 5) is 22.1. The van der Waals surface area contributed by atoms with Gasteiger partial charge in [0.15, 0.2) is 0 Å². The number of rotatable bonds is 4. The Morgan fingerprint density at radius 3 is 2.67 bits per heavy atom. The lowest BCUT2D eigenvalue weighted by Crippen LogP contribution is -2.23. The molecule has 21 heavy (non-hydrogen) atoms. The van der Waals surface area contributed by atoms with Crippen LogP contribution in [0, 0.1) is 17.0 Å². The second-order valence-corrected chi connectivity index (χ2v) is 5.00. The third kappa shape index (κ3) is 3.79. The smallest absolute Gasteiger partial charge is 0.270 e. The highest BCUT2D eigenvalue weighted by atomic mass is 35.5. The predicted octanol–water partition coefficient (Wildman–Crippen LogP) is 3.49. The molecule has 0 heterocycles. The van der Waals surface area contributed by atoms with Gasteiger partial charge < -0.3 is 5.32 Å². The maximum absolute atomic E-state index is 12.0. The summed E-state index contributed by atoms with van der Waals surface area (Å²) in [5.74, 6) is -0.364. The van der Waals surface area contributed by atoms with Crippen molar-refractivity contribution < 1.29 is 9.72 Å². The standard InChI is InChI=1S/C15H13ClN2O3/c1-10-3-2-4-11(7-10)9-17-15(19)13-6-5-12(18(20)21)8-14(13)16/h2-8H,9H2,1H3,(H,17,19). The Balaban J connectivity index is 2.08. The van der Waals surface area contributed by atoms with Gasteiger partial charge in [-0.2, -0.15) is 0 Å². The molecule has 0 aliphatic rings. The zero-order valence-corrected chi connectivity index (χ0v) is 12.1. The molecule has 0 atom stereocenters. The van der Waals surface area contributed by atoms with Crippen LogP contribution in [0.2, 0.25) is 5.02 Å². The molecule has 1 amide bonds. The van der Waals surface area contributed by atoms with E-state index < -0.39 is 4.92 Å². The third-order valence-electron chi connectivity index (χ3n) is 2.94. The lowest BCUT2D eigenvalue weighted by Gasteiger charge is -2.07. The lowest BCUT2D eigenvalue weighted by atomic mass is 10.1. The number of carbonyl (C=O) groups is 1. The third-order valence-corrected chi connectivity index (χ3v) is 3.26. The van der Waals surface area contributed by atoms with Crippen LogP contribution in [0.15, 0.2) is 42.5 Å². The number of benzene rings is 2. The fourth-order valence-electron chi connectivity index (χ4n) is 1.90. The van der Waals surface area contributed by atoms with Gasteiger partial charge in [-0.1, -0.05) is 41.4 Å². The van der Waals surface area contributed by atoms with Crippen molar-refractivity contribution in [1.29, 1.82) is 0 Å². The van der Waals surface area contributed by atoms with Crippen molar-refractivity contribution in [3.63, 3.8) is 0 Å². The zero-order valence-electron chi connectivity index (χ0n) is 11.3. The number of nitro benzene ring substituents is 1. The summed E-state index contributed by atoms with van der Waals surface area (Å²) in [5.41, 5.74) is 2.15. The predicted molar refractivity (Wildman–Crippen MR) is 80.5 cm³/mol. The van der Waals surface area contributed by atoms with Gasteiger partial charge >= 0.3 is 0 Å². The SMILES string of the molecule is Cc1cccc(CNC(=O)c2ccc([N+](=O)[O-])cc2Cl)c1. The lowest BCUT2D eigenvalue weighted by molar-refractivity contribution is -0.384. The molecule has 0 radical (unpaired) electrons. The van der Waals surface area contributed by atoms with E-state index in [0.717, 1.165) is 11.1 Å². The Hall–Kier alpha value is -2.40. The van der Waals surface area contributed by atoms with Gasteiger partial charge in [0.25, 0.3) is 11.6 Å². The van der Waals surface area contributed by atoms with Gasteiger partial charge in [0.1, 0.15) is 0 Å². The first-order valence-electron chi connectivity index (χ1n) is 6.25.